The highest BCUT2D eigenvalue weighted by Gasteiger charge is 2.54. The summed E-state index contributed by atoms with van der Waals surface area (Å²) in [6.07, 6.45) is 8.62. The number of esters is 2. The maximum Gasteiger partial charge on any atom is 0.316 e. The van der Waals surface area contributed by atoms with Crippen LogP contribution >= 0.6 is 0 Å². The first-order valence-electron chi connectivity index (χ1n) is 17.0. The molecule has 2 aromatic carbocycles. The number of ether oxygens (including phenoxy) is 2. The molecule has 6 rings (SSSR count). The van der Waals surface area contributed by atoms with E-state index >= 15 is 0 Å². The fourth-order valence-electron chi connectivity index (χ4n) is 8.53. The Morgan fingerprint density at radius 2 is 1.13 bits per heavy atom. The smallest absolute Gasteiger partial charge is 0.316 e. The van der Waals surface area contributed by atoms with Gasteiger partial charge in [-0.25, -0.2) is 0 Å². The Morgan fingerprint density at radius 3 is 1.51 bits per heavy atom. The molecule has 0 amide bonds. The number of benzene rings is 2. The van der Waals surface area contributed by atoms with Crippen LogP contribution in [-0.4, -0.2) is 101 Å². The van der Waals surface area contributed by atoms with Gasteiger partial charge in [-0.05, 0) is 57.7 Å². The molecule has 246 valence electrons. The van der Waals surface area contributed by atoms with E-state index in [0.717, 1.165) is 41.3 Å². The minimum absolute atomic E-state index is 0.00212. The molecule has 2 aromatic rings. The van der Waals surface area contributed by atoms with Crippen molar-refractivity contribution in [1.29, 1.82) is 0 Å². The van der Waals surface area contributed by atoms with Gasteiger partial charge in [-0.15, -0.1) is 0 Å². The van der Waals surface area contributed by atoms with Gasteiger partial charge in [0.2, 0.25) is 0 Å². The van der Waals surface area contributed by atoms with E-state index in [4.69, 9.17) is 9.47 Å². The second kappa shape index (κ2) is 14.8. The van der Waals surface area contributed by atoms with Gasteiger partial charge in [0.05, 0.1) is 38.4 Å². The Hall–Kier alpha value is -2.78. The molecule has 2 N–H and O–H groups in total. The molecule has 0 radical (unpaired) electrons. The highest BCUT2D eigenvalue weighted by atomic mass is 16.5. The van der Waals surface area contributed by atoms with Crippen molar-refractivity contribution in [3.63, 3.8) is 0 Å². The maximum atomic E-state index is 12.6. The van der Waals surface area contributed by atoms with Crippen LogP contribution in [0.5, 0.6) is 0 Å². The molecule has 6 atom stereocenters. The van der Waals surface area contributed by atoms with Gasteiger partial charge in [-0.3, -0.25) is 9.59 Å². The number of hydrogen-bond acceptors (Lipinski definition) is 7. The Kier molecular flexibility index (Phi) is 11.0. The molecule has 4 fully saturated rings. The van der Waals surface area contributed by atoms with E-state index in [1.54, 1.807) is 0 Å². The summed E-state index contributed by atoms with van der Waals surface area (Å²) < 4.78 is 12.7. The summed E-state index contributed by atoms with van der Waals surface area (Å²) in [6, 6.07) is 21.7. The number of carbonyl (C=O) groups excluding carboxylic acids is 2. The van der Waals surface area contributed by atoms with Crippen LogP contribution in [0, 0.1) is 0 Å². The van der Waals surface area contributed by atoms with E-state index in [9.17, 15) is 19.8 Å². The Bertz CT molecular complexity index is 1230. The second-order valence-electron chi connectivity index (χ2n) is 14.1. The molecule has 8 nitrogen and oxygen atoms in total. The highest BCUT2D eigenvalue weighted by molar-refractivity contribution is 5.79. The van der Waals surface area contributed by atoms with Crippen LogP contribution in [-0.2, 0) is 19.1 Å². The zero-order chi connectivity index (χ0) is 32.1. The van der Waals surface area contributed by atoms with Crippen molar-refractivity contribution in [3.8, 4) is 0 Å². The molecule has 4 aliphatic rings. The standard InChI is InChI=1S/C20H30NO3.C17H23NO3/c1-14(2)21(3)16-9-10-17(21)12-18(11-16)24-20(23)19(13-22)15-7-5-4-6-8-15;1-18-13-7-8-14(18)10-15(9-13)21-17(20)16(11-19)12-5-3-2-4-6-12/h4-8,14,16-19,22H,9-13H2,1-3H3;2-6,13-16,19H,7-11H2,1H3/q+1;. The van der Waals surface area contributed by atoms with E-state index in [2.05, 4.69) is 32.8 Å². The quantitative estimate of drug-likeness (QED) is 0.307. The number of aliphatic hydroxyl groups excluding tert-OH is 2. The molecular weight excluding hydrogens is 568 g/mol. The molecular formula is C37H53N2O6+. The second-order valence-corrected chi connectivity index (χ2v) is 14.1. The van der Waals surface area contributed by atoms with Crippen molar-refractivity contribution in [2.24, 2.45) is 0 Å². The third-order valence-corrected chi connectivity index (χ3v) is 11.5. The summed E-state index contributed by atoms with van der Waals surface area (Å²) in [5.41, 5.74) is 1.65. The molecule has 4 heterocycles. The lowest BCUT2D eigenvalue weighted by atomic mass is 9.94. The molecule has 0 saturated carbocycles. The molecule has 4 saturated heterocycles. The Balaban J connectivity index is 0.000000179. The number of nitrogens with zero attached hydrogens (tertiary/aromatic N) is 2. The van der Waals surface area contributed by atoms with Crippen molar-refractivity contribution in [1.82, 2.24) is 4.90 Å². The molecule has 6 unspecified atom stereocenters. The minimum atomic E-state index is -0.572. The van der Waals surface area contributed by atoms with Crippen molar-refractivity contribution in [3.05, 3.63) is 71.8 Å². The van der Waals surface area contributed by atoms with Crippen LogP contribution in [0.15, 0.2) is 60.7 Å². The number of carbonyl (C=O) groups is 2. The van der Waals surface area contributed by atoms with Crippen molar-refractivity contribution in [2.45, 2.75) is 119 Å². The number of rotatable bonds is 9. The van der Waals surface area contributed by atoms with Gasteiger partial charge >= 0.3 is 11.9 Å². The molecule has 0 aliphatic carbocycles. The van der Waals surface area contributed by atoms with Gasteiger partial charge < -0.3 is 29.1 Å². The number of hydrogen-bond donors (Lipinski definition) is 2. The lowest BCUT2D eigenvalue weighted by Gasteiger charge is -2.49. The van der Waals surface area contributed by atoms with Gasteiger partial charge in [0, 0.05) is 37.8 Å². The van der Waals surface area contributed by atoms with Crippen LogP contribution in [0.2, 0.25) is 0 Å². The SMILES string of the molecule is CC(C)[N+]1(C)C2CCC1CC(OC(=O)C(CO)c1ccccc1)C2.CN1C2CCC1CC(OC(=O)C(CO)c1ccccc1)C2. The van der Waals surface area contributed by atoms with Gasteiger partial charge in [0.25, 0.3) is 0 Å². The number of quaternary nitrogens is 1. The zero-order valence-electron chi connectivity index (χ0n) is 27.5. The van der Waals surface area contributed by atoms with Crippen LogP contribution in [0.4, 0.5) is 0 Å². The van der Waals surface area contributed by atoms with Crippen molar-refractivity contribution >= 4 is 11.9 Å². The van der Waals surface area contributed by atoms with Crippen molar-refractivity contribution in [2.75, 3.05) is 27.3 Å². The lowest BCUT2D eigenvalue weighted by Crippen LogP contribution is -2.62. The molecule has 45 heavy (non-hydrogen) atoms. The van der Waals surface area contributed by atoms with Gasteiger partial charge in [0.15, 0.2) is 0 Å². The average molecular weight is 622 g/mol. The van der Waals surface area contributed by atoms with Crippen LogP contribution < -0.4 is 0 Å². The number of aliphatic hydroxyl groups is 2. The first-order chi connectivity index (χ1) is 21.6. The fraction of sp³-hybridized carbons (Fsp3) is 0.622. The predicted octanol–water partition coefficient (Wildman–Crippen LogP) is 4.79. The lowest BCUT2D eigenvalue weighted by molar-refractivity contribution is -0.968. The average Bonchev–Trinajstić information content (AvgIpc) is 3.32. The van der Waals surface area contributed by atoms with Gasteiger partial charge in [-0.2, -0.15) is 0 Å². The monoisotopic (exact) mass is 621 g/mol. The first kappa shape index (κ1) is 33.6. The van der Waals surface area contributed by atoms with E-state index < -0.39 is 11.8 Å². The summed E-state index contributed by atoms with van der Waals surface area (Å²) in [5.74, 6) is -1.72. The van der Waals surface area contributed by atoms with E-state index in [0.29, 0.717) is 30.2 Å². The largest absolute Gasteiger partial charge is 0.462 e. The summed E-state index contributed by atoms with van der Waals surface area (Å²) in [7, 11) is 4.53. The third kappa shape index (κ3) is 7.30. The summed E-state index contributed by atoms with van der Waals surface area (Å²) >= 11 is 0. The predicted molar refractivity (Wildman–Crippen MR) is 173 cm³/mol. The van der Waals surface area contributed by atoms with Gasteiger partial charge in [0.1, 0.15) is 24.0 Å². The van der Waals surface area contributed by atoms with Crippen LogP contribution in [0.1, 0.15) is 88.2 Å². The van der Waals surface area contributed by atoms with E-state index in [-0.39, 0.29) is 37.4 Å². The summed E-state index contributed by atoms with van der Waals surface area (Å²) in [4.78, 5) is 27.4. The fourth-order valence-corrected chi connectivity index (χ4v) is 8.53. The van der Waals surface area contributed by atoms with E-state index in [1.165, 1.54) is 25.7 Å². The zero-order valence-corrected chi connectivity index (χ0v) is 27.5. The van der Waals surface area contributed by atoms with Gasteiger partial charge in [-0.1, -0.05) is 60.7 Å². The van der Waals surface area contributed by atoms with E-state index in [1.807, 2.05) is 60.7 Å². The number of fused-ring (bicyclic) bond motifs is 4. The Labute approximate surface area is 268 Å². The third-order valence-electron chi connectivity index (χ3n) is 11.5. The molecule has 0 spiro atoms. The molecule has 4 bridgehead atoms. The number of piperidine rings is 2. The first-order valence-corrected chi connectivity index (χ1v) is 17.0. The highest BCUT2D eigenvalue weighted by Crippen LogP contribution is 2.44. The molecule has 8 heteroatoms. The van der Waals surface area contributed by atoms with Crippen molar-refractivity contribution < 1.29 is 33.8 Å². The maximum absolute atomic E-state index is 12.6. The Morgan fingerprint density at radius 1 is 0.733 bits per heavy atom. The summed E-state index contributed by atoms with van der Waals surface area (Å²) in [5, 5.41) is 19.2. The minimum Gasteiger partial charge on any atom is -0.462 e. The normalized spacial score (nSPS) is 31.9. The molecule has 4 aliphatic heterocycles. The topological polar surface area (TPSA) is 96.3 Å². The van der Waals surface area contributed by atoms with Crippen LogP contribution in [0.25, 0.3) is 0 Å². The van der Waals surface area contributed by atoms with Crippen LogP contribution in [0.3, 0.4) is 0 Å². The summed E-state index contributed by atoms with van der Waals surface area (Å²) in [6.45, 7) is 4.19. The molecule has 0 aromatic heterocycles.